The third-order valence-corrected chi connectivity index (χ3v) is 6.39. The highest BCUT2D eigenvalue weighted by atomic mass is 35.5. The van der Waals surface area contributed by atoms with Gasteiger partial charge < -0.3 is 15.0 Å². The zero-order valence-corrected chi connectivity index (χ0v) is 19.3. The van der Waals surface area contributed by atoms with E-state index >= 15 is 0 Å². The number of nitrogens with zero attached hydrogens (tertiary/aromatic N) is 2. The van der Waals surface area contributed by atoms with Gasteiger partial charge >= 0.3 is 18.1 Å². The van der Waals surface area contributed by atoms with E-state index in [1.54, 1.807) is 0 Å². The van der Waals surface area contributed by atoms with Crippen LogP contribution in [0.4, 0.5) is 13.2 Å². The van der Waals surface area contributed by atoms with Crippen molar-refractivity contribution in [1.29, 1.82) is 0 Å². The Bertz CT molecular complexity index is 800. The maximum absolute atomic E-state index is 13.4. The second-order valence-electron chi connectivity index (χ2n) is 8.39. The number of piperidine rings is 1. The molecule has 32 heavy (non-hydrogen) atoms. The normalized spacial score (nSPS) is 24.9. The fourth-order valence-electron chi connectivity index (χ4n) is 4.80. The summed E-state index contributed by atoms with van der Waals surface area (Å²) < 4.78 is 45.6. The molecule has 2 atom stereocenters. The Labute approximate surface area is 197 Å². The largest absolute Gasteiger partial charge is 0.471 e. The molecule has 1 aliphatic carbocycles. The van der Waals surface area contributed by atoms with Gasteiger partial charge in [0.2, 0.25) is 0 Å². The van der Waals surface area contributed by atoms with Gasteiger partial charge in [-0.05, 0) is 24.8 Å². The van der Waals surface area contributed by atoms with Crippen LogP contribution in [0.1, 0.15) is 37.7 Å². The summed E-state index contributed by atoms with van der Waals surface area (Å²) in [6.07, 6.45) is -3.50. The standard InChI is InChI=1S/C21H26F3N3O3.2ClH/c1-14(28)30-20(12-25-13-20)26-9-7-16(8-10-26)27(19(29)21(22,23)24)18-11-17(18)15-5-3-2-4-6-15;;/h2-6,16-18,25H,7-13H2,1H3;2*1H/t17-,18+;;/m0../s1. The van der Waals surface area contributed by atoms with Crippen molar-refractivity contribution in [2.45, 2.75) is 56.1 Å². The zero-order valence-electron chi connectivity index (χ0n) is 17.6. The Morgan fingerprint density at radius 3 is 2.19 bits per heavy atom. The summed E-state index contributed by atoms with van der Waals surface area (Å²) in [5.74, 6) is -2.18. The molecule has 0 bridgehead atoms. The van der Waals surface area contributed by atoms with Gasteiger partial charge in [0.15, 0.2) is 5.72 Å². The van der Waals surface area contributed by atoms with E-state index in [-0.39, 0.29) is 36.7 Å². The van der Waals surface area contributed by atoms with E-state index in [1.165, 1.54) is 6.92 Å². The van der Waals surface area contributed by atoms with Crippen LogP contribution >= 0.6 is 24.8 Å². The summed E-state index contributed by atoms with van der Waals surface area (Å²) in [7, 11) is 0. The van der Waals surface area contributed by atoms with Crippen LogP contribution in [0.25, 0.3) is 0 Å². The molecule has 0 spiro atoms. The lowest BCUT2D eigenvalue weighted by Crippen LogP contribution is -2.72. The van der Waals surface area contributed by atoms with Crippen molar-refractivity contribution in [1.82, 2.24) is 15.1 Å². The average molecular weight is 498 g/mol. The van der Waals surface area contributed by atoms with E-state index in [9.17, 15) is 22.8 Å². The number of ether oxygens (including phenoxy) is 1. The van der Waals surface area contributed by atoms with E-state index in [1.807, 2.05) is 35.2 Å². The molecule has 1 aromatic rings. The van der Waals surface area contributed by atoms with Crippen molar-refractivity contribution < 1.29 is 27.5 Å². The van der Waals surface area contributed by atoms with E-state index in [0.29, 0.717) is 45.4 Å². The van der Waals surface area contributed by atoms with E-state index in [0.717, 1.165) is 10.5 Å². The van der Waals surface area contributed by atoms with Crippen LogP contribution in [0.15, 0.2) is 30.3 Å². The number of halogens is 5. The molecule has 4 rings (SSSR count). The number of carbonyl (C=O) groups excluding carboxylic acids is 2. The van der Waals surface area contributed by atoms with Gasteiger partial charge in [-0.25, -0.2) is 0 Å². The lowest BCUT2D eigenvalue weighted by atomic mass is 9.96. The van der Waals surface area contributed by atoms with E-state index in [2.05, 4.69) is 5.32 Å². The number of hydrogen-bond donors (Lipinski definition) is 1. The monoisotopic (exact) mass is 497 g/mol. The van der Waals surface area contributed by atoms with Crippen LogP contribution in [-0.2, 0) is 14.3 Å². The quantitative estimate of drug-likeness (QED) is 0.633. The zero-order chi connectivity index (χ0) is 21.5. The SMILES string of the molecule is CC(=O)OC1(N2CCC(N(C(=O)C(F)(F)F)[C@@H]3C[C@H]3c3ccccc3)CC2)CNC1.Cl.Cl. The molecule has 1 amide bonds. The molecule has 1 N–H and O–H groups in total. The predicted molar refractivity (Wildman–Crippen MR) is 117 cm³/mol. The second-order valence-corrected chi connectivity index (χ2v) is 8.39. The van der Waals surface area contributed by atoms with Crippen molar-refractivity contribution >= 4 is 36.7 Å². The number of amides is 1. The van der Waals surface area contributed by atoms with Crippen molar-refractivity contribution in [2.75, 3.05) is 26.2 Å². The highest BCUT2D eigenvalue weighted by molar-refractivity contribution is 5.85. The predicted octanol–water partition coefficient (Wildman–Crippen LogP) is 3.10. The molecule has 180 valence electrons. The van der Waals surface area contributed by atoms with Gasteiger partial charge in [-0.15, -0.1) is 24.8 Å². The molecule has 0 aromatic heterocycles. The minimum absolute atomic E-state index is 0. The highest BCUT2D eigenvalue weighted by Gasteiger charge is 2.55. The van der Waals surface area contributed by atoms with Crippen LogP contribution in [0.3, 0.4) is 0 Å². The van der Waals surface area contributed by atoms with Gasteiger partial charge in [-0.3, -0.25) is 14.5 Å². The lowest BCUT2D eigenvalue weighted by Gasteiger charge is -2.52. The maximum Gasteiger partial charge on any atom is 0.471 e. The minimum Gasteiger partial charge on any atom is -0.441 e. The Hall–Kier alpha value is -1.55. The molecule has 0 unspecified atom stereocenters. The van der Waals surface area contributed by atoms with Crippen LogP contribution in [0.2, 0.25) is 0 Å². The lowest BCUT2D eigenvalue weighted by molar-refractivity contribution is -0.204. The Balaban J connectivity index is 0.00000181. The Morgan fingerprint density at radius 2 is 1.72 bits per heavy atom. The molecule has 3 fully saturated rings. The van der Waals surface area contributed by atoms with Gasteiger partial charge in [-0.1, -0.05) is 30.3 Å². The van der Waals surface area contributed by atoms with Crippen LogP contribution in [0, 0.1) is 0 Å². The van der Waals surface area contributed by atoms with Crippen molar-refractivity contribution in [3.05, 3.63) is 35.9 Å². The first-order chi connectivity index (χ1) is 14.2. The highest BCUT2D eigenvalue weighted by Crippen LogP contribution is 2.47. The summed E-state index contributed by atoms with van der Waals surface area (Å²) >= 11 is 0. The Kier molecular flexibility index (Phi) is 8.47. The van der Waals surface area contributed by atoms with Crippen molar-refractivity contribution in [2.24, 2.45) is 0 Å². The molecule has 11 heteroatoms. The molecular weight excluding hydrogens is 470 g/mol. The second kappa shape index (κ2) is 10.2. The first-order valence-corrected chi connectivity index (χ1v) is 10.3. The van der Waals surface area contributed by atoms with Crippen molar-refractivity contribution in [3.8, 4) is 0 Å². The number of carbonyl (C=O) groups is 2. The number of nitrogens with one attached hydrogen (secondary N) is 1. The van der Waals surface area contributed by atoms with E-state index in [4.69, 9.17) is 4.74 Å². The third-order valence-electron chi connectivity index (χ3n) is 6.39. The smallest absolute Gasteiger partial charge is 0.441 e. The number of alkyl halides is 3. The fourth-order valence-corrected chi connectivity index (χ4v) is 4.80. The molecule has 3 aliphatic rings. The number of likely N-dealkylation sites (tertiary alicyclic amines) is 1. The van der Waals surface area contributed by atoms with Crippen LogP contribution in [-0.4, -0.2) is 71.8 Å². The van der Waals surface area contributed by atoms with Gasteiger partial charge in [0, 0.05) is 38.0 Å². The van der Waals surface area contributed by atoms with Gasteiger partial charge in [0.1, 0.15) is 0 Å². The first kappa shape index (κ1) is 26.7. The summed E-state index contributed by atoms with van der Waals surface area (Å²) in [5, 5.41) is 3.10. The average Bonchev–Trinajstić information content (AvgIpc) is 3.46. The number of hydrogen-bond acceptors (Lipinski definition) is 5. The molecule has 6 nitrogen and oxygen atoms in total. The molecule has 2 saturated heterocycles. The summed E-state index contributed by atoms with van der Waals surface area (Å²) in [4.78, 5) is 26.9. The summed E-state index contributed by atoms with van der Waals surface area (Å²) in [6, 6.07) is 8.48. The van der Waals surface area contributed by atoms with Crippen molar-refractivity contribution in [3.63, 3.8) is 0 Å². The molecule has 1 saturated carbocycles. The molecule has 0 radical (unpaired) electrons. The molecule has 2 aliphatic heterocycles. The van der Waals surface area contributed by atoms with Crippen LogP contribution in [0.5, 0.6) is 0 Å². The number of rotatable bonds is 5. The number of benzene rings is 1. The molecule has 2 heterocycles. The Morgan fingerprint density at radius 1 is 1.12 bits per heavy atom. The fraction of sp³-hybridized carbons (Fsp3) is 0.619. The minimum atomic E-state index is -4.89. The summed E-state index contributed by atoms with van der Waals surface area (Å²) in [5.41, 5.74) is 0.246. The molecule has 1 aromatic carbocycles. The van der Waals surface area contributed by atoms with Gasteiger partial charge in [0.25, 0.3) is 0 Å². The maximum atomic E-state index is 13.4. The summed E-state index contributed by atoms with van der Waals surface area (Å²) in [6.45, 7) is 3.31. The van der Waals surface area contributed by atoms with Crippen LogP contribution < -0.4 is 5.32 Å². The molecular formula is C21H28Cl2F3N3O3. The first-order valence-electron chi connectivity index (χ1n) is 10.3. The van der Waals surface area contributed by atoms with Gasteiger partial charge in [0.05, 0.1) is 13.1 Å². The third kappa shape index (κ3) is 5.32. The number of esters is 1. The van der Waals surface area contributed by atoms with Gasteiger partial charge in [-0.2, -0.15) is 13.2 Å². The topological polar surface area (TPSA) is 61.9 Å². The van der Waals surface area contributed by atoms with E-state index < -0.39 is 29.9 Å².